The molecule has 6 heteroatoms. The largest absolute Gasteiger partial charge is 0.497 e. The highest BCUT2D eigenvalue weighted by atomic mass is 79.9. The Bertz CT molecular complexity index is 818. The van der Waals surface area contributed by atoms with Gasteiger partial charge in [-0.2, -0.15) is 5.10 Å². The minimum Gasteiger partial charge on any atom is -0.497 e. The molecule has 0 spiro atoms. The molecule has 0 radical (unpaired) electrons. The molecule has 1 aliphatic rings. The number of carbonyl (C=O) groups excluding carboxylic acids is 1. The average molecular weight is 402 g/mol. The molecule has 1 unspecified atom stereocenters. The maximum absolute atomic E-state index is 12.3. The highest BCUT2D eigenvalue weighted by molar-refractivity contribution is 9.10. The van der Waals surface area contributed by atoms with Crippen LogP contribution in [0.1, 0.15) is 23.6 Å². The van der Waals surface area contributed by atoms with Crippen molar-refractivity contribution in [3.05, 3.63) is 63.6 Å². The maximum atomic E-state index is 12.3. The fourth-order valence-corrected chi connectivity index (χ4v) is 3.19. The Kier molecular flexibility index (Phi) is 5.08. The Balaban J connectivity index is 2.20. The normalized spacial score (nSPS) is 16.6. The third-order valence-electron chi connectivity index (χ3n) is 4.25. The Morgan fingerprint density at radius 3 is 2.64 bits per heavy atom. The number of rotatable bonds is 2. The molecule has 2 amide bonds. The summed E-state index contributed by atoms with van der Waals surface area (Å²) in [4.78, 5) is 12.3. The van der Waals surface area contributed by atoms with Gasteiger partial charge < -0.3 is 10.1 Å². The van der Waals surface area contributed by atoms with Crippen molar-refractivity contribution in [1.29, 1.82) is 0 Å². The lowest BCUT2D eigenvalue weighted by Crippen LogP contribution is -2.41. The third kappa shape index (κ3) is 3.54. The second kappa shape index (κ2) is 7.27. The zero-order valence-corrected chi connectivity index (χ0v) is 16.0. The lowest BCUT2D eigenvalue weighted by atomic mass is 9.94. The Morgan fingerprint density at radius 1 is 1.28 bits per heavy atom. The molecule has 0 bridgehead atoms. The number of hydrogen-bond acceptors (Lipinski definition) is 3. The van der Waals surface area contributed by atoms with Crippen molar-refractivity contribution in [1.82, 2.24) is 10.3 Å². The summed E-state index contributed by atoms with van der Waals surface area (Å²) in [7, 11) is 3.26. The highest BCUT2D eigenvalue weighted by Gasteiger charge is 2.27. The summed E-state index contributed by atoms with van der Waals surface area (Å²) in [6, 6.07) is 13.6. The molecule has 1 aliphatic heterocycles. The van der Waals surface area contributed by atoms with E-state index in [9.17, 15) is 4.79 Å². The number of ether oxygens (including phenoxy) is 1. The highest BCUT2D eigenvalue weighted by Crippen LogP contribution is 2.27. The van der Waals surface area contributed by atoms with E-state index in [0.717, 1.165) is 39.0 Å². The standard InChI is InChI=1S/C19H20BrN3O2/c1-12-10-14-6-9-16(25-3)11-17(14)18(22-23(12)19(24)21-2)13-4-7-15(20)8-5-13/h4-9,11-12H,10H2,1-3H3,(H,21,24). The van der Waals surface area contributed by atoms with Gasteiger partial charge in [-0.1, -0.05) is 34.1 Å². The molecule has 0 aromatic heterocycles. The molecule has 2 aromatic rings. The van der Waals surface area contributed by atoms with E-state index < -0.39 is 0 Å². The molecule has 1 atom stereocenters. The first-order chi connectivity index (χ1) is 12.0. The van der Waals surface area contributed by atoms with Gasteiger partial charge >= 0.3 is 6.03 Å². The molecule has 1 heterocycles. The second-order valence-corrected chi connectivity index (χ2v) is 6.85. The van der Waals surface area contributed by atoms with Crippen LogP contribution in [-0.4, -0.2) is 37.0 Å². The van der Waals surface area contributed by atoms with Crippen LogP contribution in [0.2, 0.25) is 0 Å². The van der Waals surface area contributed by atoms with E-state index in [4.69, 9.17) is 9.84 Å². The molecular weight excluding hydrogens is 382 g/mol. The van der Waals surface area contributed by atoms with Crippen LogP contribution in [0.25, 0.3) is 0 Å². The Labute approximate surface area is 155 Å². The molecule has 0 saturated heterocycles. The van der Waals surface area contributed by atoms with Crippen LogP contribution >= 0.6 is 15.9 Å². The predicted molar refractivity (Wildman–Crippen MR) is 102 cm³/mol. The van der Waals surface area contributed by atoms with Gasteiger partial charge in [-0.15, -0.1) is 0 Å². The number of nitrogens with one attached hydrogen (secondary N) is 1. The summed E-state index contributed by atoms with van der Waals surface area (Å²) in [5.74, 6) is 0.768. The summed E-state index contributed by atoms with van der Waals surface area (Å²) < 4.78 is 6.38. The number of hydrogen-bond donors (Lipinski definition) is 1. The lowest BCUT2D eigenvalue weighted by Gasteiger charge is -2.22. The van der Waals surface area contributed by atoms with Crippen LogP contribution in [0.15, 0.2) is 52.0 Å². The van der Waals surface area contributed by atoms with Gasteiger partial charge in [-0.05, 0) is 43.2 Å². The zero-order chi connectivity index (χ0) is 18.0. The number of carbonyl (C=O) groups is 1. The number of halogens is 1. The van der Waals surface area contributed by atoms with Crippen LogP contribution in [0.4, 0.5) is 4.79 Å². The molecule has 0 aliphatic carbocycles. The van der Waals surface area contributed by atoms with Gasteiger partial charge in [0.1, 0.15) is 5.75 Å². The molecule has 0 saturated carbocycles. The fourth-order valence-electron chi connectivity index (χ4n) is 2.93. The SMILES string of the molecule is CNC(=O)N1N=C(c2ccc(Br)cc2)c2cc(OC)ccc2CC1C. The van der Waals surface area contributed by atoms with Crippen LogP contribution in [0, 0.1) is 0 Å². The number of methoxy groups -OCH3 is 1. The summed E-state index contributed by atoms with van der Waals surface area (Å²) in [5.41, 5.74) is 3.83. The number of amides is 2. The van der Waals surface area contributed by atoms with Crippen molar-refractivity contribution in [2.75, 3.05) is 14.2 Å². The van der Waals surface area contributed by atoms with Gasteiger partial charge in [-0.3, -0.25) is 0 Å². The van der Waals surface area contributed by atoms with Crippen LogP contribution in [0.3, 0.4) is 0 Å². The molecule has 2 aromatic carbocycles. The van der Waals surface area contributed by atoms with Gasteiger partial charge in [0, 0.05) is 22.6 Å². The van der Waals surface area contributed by atoms with Crippen LogP contribution in [0.5, 0.6) is 5.75 Å². The van der Waals surface area contributed by atoms with Crippen LogP contribution in [-0.2, 0) is 6.42 Å². The molecule has 130 valence electrons. The van der Waals surface area contributed by atoms with Crippen molar-refractivity contribution in [3.8, 4) is 5.75 Å². The van der Waals surface area contributed by atoms with E-state index in [0.29, 0.717) is 0 Å². The zero-order valence-electron chi connectivity index (χ0n) is 14.4. The van der Waals surface area contributed by atoms with Crippen molar-refractivity contribution >= 4 is 27.7 Å². The van der Waals surface area contributed by atoms with Gasteiger partial charge in [0.25, 0.3) is 0 Å². The van der Waals surface area contributed by atoms with E-state index in [1.807, 2.05) is 49.4 Å². The van der Waals surface area contributed by atoms with Gasteiger partial charge in [0.05, 0.1) is 18.9 Å². The molecule has 5 nitrogen and oxygen atoms in total. The van der Waals surface area contributed by atoms with E-state index >= 15 is 0 Å². The van der Waals surface area contributed by atoms with E-state index in [1.165, 1.54) is 5.01 Å². The number of hydrazone groups is 1. The van der Waals surface area contributed by atoms with Gasteiger partial charge in [0.2, 0.25) is 0 Å². The molecular formula is C19H20BrN3O2. The van der Waals surface area contributed by atoms with E-state index in [-0.39, 0.29) is 12.1 Å². The van der Waals surface area contributed by atoms with Gasteiger partial charge in [-0.25, -0.2) is 9.80 Å². The third-order valence-corrected chi connectivity index (χ3v) is 4.78. The quantitative estimate of drug-likeness (QED) is 0.831. The summed E-state index contributed by atoms with van der Waals surface area (Å²) in [5, 5.41) is 8.90. The molecule has 0 fully saturated rings. The summed E-state index contributed by atoms with van der Waals surface area (Å²) >= 11 is 3.46. The first kappa shape index (κ1) is 17.5. The number of fused-ring (bicyclic) bond motifs is 1. The lowest BCUT2D eigenvalue weighted by molar-refractivity contribution is 0.184. The molecule has 1 N–H and O–H groups in total. The predicted octanol–water partition coefficient (Wildman–Crippen LogP) is 3.80. The first-order valence-electron chi connectivity index (χ1n) is 8.06. The fraction of sp³-hybridized carbons (Fsp3) is 0.263. The van der Waals surface area contributed by atoms with Crippen molar-refractivity contribution in [3.63, 3.8) is 0 Å². The maximum Gasteiger partial charge on any atom is 0.337 e. The van der Waals surface area contributed by atoms with E-state index in [2.05, 4.69) is 21.2 Å². The monoisotopic (exact) mass is 401 g/mol. The average Bonchev–Trinajstić information content (AvgIpc) is 2.77. The van der Waals surface area contributed by atoms with Crippen molar-refractivity contribution < 1.29 is 9.53 Å². The van der Waals surface area contributed by atoms with Gasteiger partial charge in [0.15, 0.2) is 0 Å². The van der Waals surface area contributed by atoms with Crippen molar-refractivity contribution in [2.24, 2.45) is 5.10 Å². The number of urea groups is 1. The summed E-state index contributed by atoms with van der Waals surface area (Å²) in [6.45, 7) is 2.00. The van der Waals surface area contributed by atoms with Crippen molar-refractivity contribution in [2.45, 2.75) is 19.4 Å². The smallest absolute Gasteiger partial charge is 0.337 e. The molecule has 25 heavy (non-hydrogen) atoms. The minimum absolute atomic E-state index is 0.0555. The number of benzene rings is 2. The summed E-state index contributed by atoms with van der Waals surface area (Å²) in [6.07, 6.45) is 0.719. The molecule has 3 rings (SSSR count). The Hall–Kier alpha value is -2.34. The number of nitrogens with zero attached hydrogens (tertiary/aromatic N) is 2. The minimum atomic E-state index is -0.220. The first-order valence-corrected chi connectivity index (χ1v) is 8.85. The van der Waals surface area contributed by atoms with Crippen LogP contribution < -0.4 is 10.1 Å². The Morgan fingerprint density at radius 2 is 2.00 bits per heavy atom. The topological polar surface area (TPSA) is 53.9 Å². The second-order valence-electron chi connectivity index (χ2n) is 5.93. The van der Waals surface area contributed by atoms with E-state index in [1.54, 1.807) is 14.2 Å².